The molecule has 1 aromatic rings. The Balaban J connectivity index is 2.76. The van der Waals surface area contributed by atoms with E-state index in [0.29, 0.717) is 0 Å². The molecular weight excluding hydrogens is 394 g/mol. The lowest BCUT2D eigenvalue weighted by Crippen LogP contribution is -2.32. The van der Waals surface area contributed by atoms with E-state index in [4.69, 9.17) is 11.6 Å². The van der Waals surface area contributed by atoms with Gasteiger partial charge in [-0.05, 0) is 30.7 Å². The lowest BCUT2D eigenvalue weighted by Gasteiger charge is -2.38. The average Bonchev–Trinajstić information content (AvgIpc) is 2.61. The van der Waals surface area contributed by atoms with Crippen LogP contribution in [0.1, 0.15) is 12.5 Å². The maximum Gasteiger partial charge on any atom is 0.523 e. The van der Waals surface area contributed by atoms with Crippen molar-refractivity contribution in [2.24, 2.45) is 0 Å². The summed E-state index contributed by atoms with van der Waals surface area (Å²) < 4.78 is 105. The molecule has 0 saturated carbocycles. The lowest BCUT2D eigenvalue weighted by atomic mass is 10.2. The first-order chi connectivity index (χ1) is 10.2. The smallest absolute Gasteiger partial charge is 0.196 e. The van der Waals surface area contributed by atoms with Gasteiger partial charge in [0.25, 0.3) is 0 Å². The lowest BCUT2D eigenvalue weighted by molar-refractivity contribution is -0.0546. The molecule has 0 saturated heterocycles. The second-order valence-electron chi connectivity index (χ2n) is 4.41. The fraction of sp³-hybridized carbons (Fsp3) is 0.273. The molecule has 0 aromatic heterocycles. The van der Waals surface area contributed by atoms with Crippen LogP contribution < -0.4 is 0 Å². The Labute approximate surface area is 133 Å². The number of benzene rings is 1. The van der Waals surface area contributed by atoms with Gasteiger partial charge in [-0.15, -0.1) is 0 Å². The van der Waals surface area contributed by atoms with Crippen LogP contribution in [0, 0.1) is 0 Å². The molecule has 1 heterocycles. The summed E-state index contributed by atoms with van der Waals surface area (Å²) in [5.74, 6) is 0. The molecule has 3 nitrogen and oxygen atoms in total. The van der Waals surface area contributed by atoms with Gasteiger partial charge in [-0.2, -0.15) is 38.4 Å². The molecule has 0 fully saturated rings. The molecule has 1 aliphatic heterocycles. The van der Waals surface area contributed by atoms with Crippen molar-refractivity contribution in [3.05, 3.63) is 33.7 Å². The van der Waals surface area contributed by atoms with Crippen LogP contribution in [0.3, 0.4) is 0 Å². The van der Waals surface area contributed by atoms with E-state index in [0.717, 1.165) is 25.1 Å². The quantitative estimate of drug-likeness (QED) is 0.507. The zero-order valence-electron chi connectivity index (χ0n) is 11.0. The summed E-state index contributed by atoms with van der Waals surface area (Å²) in [4.78, 5) is -1.40. The summed E-state index contributed by atoms with van der Waals surface area (Å²) in [5.41, 5.74) is -11.5. The molecule has 12 heteroatoms. The molecular formula is C11H7ClF6O3S2. The van der Waals surface area contributed by atoms with Gasteiger partial charge in [0, 0.05) is 25.1 Å². The van der Waals surface area contributed by atoms with E-state index in [-0.39, 0.29) is 10.6 Å². The largest absolute Gasteiger partial charge is 0.523 e. The molecule has 2 rings (SSSR count). The summed E-state index contributed by atoms with van der Waals surface area (Å²) in [6, 6.07) is 3.14. The standard InChI is InChI=1S/C11H7ClF6O3S2/c1-6-4-7-2-3-8(12)5-9(7)22(6,10(13,14)15)21-23(19,20)11(16,17)18/h2-5H,1H3. The molecule has 0 N–H and O–H groups in total. The van der Waals surface area contributed by atoms with E-state index in [1.165, 1.54) is 6.07 Å². The zero-order chi connectivity index (χ0) is 17.8. The third-order valence-corrected chi connectivity index (χ3v) is 7.88. The highest BCUT2D eigenvalue weighted by atomic mass is 35.5. The van der Waals surface area contributed by atoms with Gasteiger partial charge in [-0.25, -0.2) is 0 Å². The van der Waals surface area contributed by atoms with Crippen LogP contribution in [0.25, 0.3) is 6.08 Å². The van der Waals surface area contributed by atoms with Gasteiger partial charge in [0.05, 0.1) is 0 Å². The van der Waals surface area contributed by atoms with Gasteiger partial charge in [-0.3, -0.25) is 0 Å². The molecule has 0 spiro atoms. The Bertz CT molecular complexity index is 784. The SMILES string of the molecule is CC1=Cc2ccc(Cl)cc2S1(OS(=O)(=O)C(F)(F)F)C(F)(F)F. The first-order valence-corrected chi connectivity index (χ1v) is 8.97. The zero-order valence-corrected chi connectivity index (χ0v) is 13.4. The van der Waals surface area contributed by atoms with Crippen molar-refractivity contribution in [3.8, 4) is 0 Å². The Kier molecular flexibility index (Phi) is 4.24. The molecule has 1 aliphatic rings. The number of allylic oxidation sites excluding steroid dienone is 1. The third-order valence-electron chi connectivity index (χ3n) is 2.90. The van der Waals surface area contributed by atoms with Gasteiger partial charge in [0.15, 0.2) is 0 Å². The van der Waals surface area contributed by atoms with Crippen LogP contribution in [0.2, 0.25) is 5.02 Å². The topological polar surface area (TPSA) is 43.4 Å². The Morgan fingerprint density at radius 2 is 1.70 bits per heavy atom. The summed E-state index contributed by atoms with van der Waals surface area (Å²) in [6.07, 6.45) is 0.931. The molecule has 130 valence electrons. The van der Waals surface area contributed by atoms with Crippen molar-refractivity contribution < 1.29 is 38.4 Å². The highest BCUT2D eigenvalue weighted by Crippen LogP contribution is 2.78. The first kappa shape index (κ1) is 18.4. The molecule has 23 heavy (non-hydrogen) atoms. The van der Waals surface area contributed by atoms with Crippen molar-refractivity contribution in [2.45, 2.75) is 22.8 Å². The van der Waals surface area contributed by atoms with Crippen molar-refractivity contribution in [1.82, 2.24) is 0 Å². The Morgan fingerprint density at radius 3 is 2.17 bits per heavy atom. The number of rotatable bonds is 2. The molecule has 1 unspecified atom stereocenters. The number of hydrogen-bond donors (Lipinski definition) is 0. The second-order valence-corrected chi connectivity index (χ2v) is 9.42. The van der Waals surface area contributed by atoms with Crippen molar-refractivity contribution >= 4 is 38.1 Å². The van der Waals surface area contributed by atoms with Crippen molar-refractivity contribution in [3.63, 3.8) is 0 Å². The summed E-state index contributed by atoms with van der Waals surface area (Å²) in [5, 5.41) is -0.194. The molecule has 1 atom stereocenters. The highest BCUT2D eigenvalue weighted by Gasteiger charge is 2.63. The second kappa shape index (κ2) is 5.30. The van der Waals surface area contributed by atoms with E-state index in [1.54, 1.807) is 0 Å². The maximum absolute atomic E-state index is 13.6. The van der Waals surface area contributed by atoms with E-state index < -0.39 is 41.2 Å². The van der Waals surface area contributed by atoms with Crippen LogP contribution in [0.15, 0.2) is 28.0 Å². The summed E-state index contributed by atoms with van der Waals surface area (Å²) >= 11 is 5.61. The predicted molar refractivity (Wildman–Crippen MR) is 73.1 cm³/mol. The van der Waals surface area contributed by atoms with Gasteiger partial charge in [0.1, 0.15) is 0 Å². The summed E-state index contributed by atoms with van der Waals surface area (Å²) in [6.45, 7) is 0.864. The Morgan fingerprint density at radius 1 is 1.13 bits per heavy atom. The minimum atomic E-state index is -6.48. The van der Waals surface area contributed by atoms with Crippen LogP contribution >= 0.6 is 21.9 Å². The van der Waals surface area contributed by atoms with Gasteiger partial charge in [-0.1, -0.05) is 17.7 Å². The van der Waals surface area contributed by atoms with Crippen LogP contribution in [0.4, 0.5) is 26.3 Å². The molecule has 0 radical (unpaired) electrons. The van der Waals surface area contributed by atoms with Gasteiger partial charge < -0.3 is 0 Å². The van der Waals surface area contributed by atoms with Crippen LogP contribution in [-0.2, 0) is 13.7 Å². The molecule has 0 aliphatic carbocycles. The summed E-state index contributed by atoms with van der Waals surface area (Å²) in [7, 11) is -11.4. The maximum atomic E-state index is 13.6. The van der Waals surface area contributed by atoms with E-state index >= 15 is 0 Å². The minimum absolute atomic E-state index is 0.100. The minimum Gasteiger partial charge on any atom is -0.196 e. The van der Waals surface area contributed by atoms with E-state index in [9.17, 15) is 34.8 Å². The number of alkyl halides is 6. The van der Waals surface area contributed by atoms with Gasteiger partial charge >= 0.3 is 21.1 Å². The van der Waals surface area contributed by atoms with E-state index in [2.05, 4.69) is 3.63 Å². The van der Waals surface area contributed by atoms with Crippen molar-refractivity contribution in [2.75, 3.05) is 0 Å². The molecule has 0 amide bonds. The first-order valence-electron chi connectivity index (χ1n) is 5.62. The van der Waals surface area contributed by atoms with Gasteiger partial charge in [0.2, 0.25) is 0 Å². The van der Waals surface area contributed by atoms with E-state index in [1.807, 2.05) is 0 Å². The third kappa shape index (κ3) is 2.83. The predicted octanol–water partition coefficient (Wildman–Crippen LogP) is 5.18. The van der Waals surface area contributed by atoms with Crippen molar-refractivity contribution in [1.29, 1.82) is 0 Å². The fourth-order valence-corrected chi connectivity index (χ4v) is 6.62. The van der Waals surface area contributed by atoms with Crippen LogP contribution in [0.5, 0.6) is 0 Å². The monoisotopic (exact) mass is 400 g/mol. The van der Waals surface area contributed by atoms with Crippen LogP contribution in [-0.4, -0.2) is 19.4 Å². The fourth-order valence-electron chi connectivity index (χ4n) is 1.96. The molecule has 1 aromatic carbocycles. The number of halogens is 7. The average molecular weight is 401 g/mol. The highest BCUT2D eigenvalue weighted by molar-refractivity contribution is 8.37. The number of hydrogen-bond acceptors (Lipinski definition) is 3. The number of fused-ring (bicyclic) bond motifs is 1. The molecule has 0 bridgehead atoms. The normalized spacial score (nSPS) is 24.8. The Hall–Kier alpha value is -0.910.